The summed E-state index contributed by atoms with van der Waals surface area (Å²) in [5.41, 5.74) is 3.44. The zero-order valence-corrected chi connectivity index (χ0v) is 22.9. The Bertz CT molecular complexity index is 1270. The van der Waals surface area contributed by atoms with E-state index in [1.807, 2.05) is 39.0 Å². The third kappa shape index (κ3) is 7.09. The molecular weight excluding hydrogens is 480 g/mol. The van der Waals surface area contributed by atoms with Gasteiger partial charge in [-0.2, -0.15) is 0 Å². The molecule has 0 amide bonds. The lowest BCUT2D eigenvalue weighted by Crippen LogP contribution is -2.24. The molecule has 1 aliphatic carbocycles. The summed E-state index contributed by atoms with van der Waals surface area (Å²) in [5, 5.41) is 0.841. The van der Waals surface area contributed by atoms with Crippen molar-refractivity contribution in [2.45, 2.75) is 97.0 Å². The number of carbonyl (C=O) groups is 2. The molecule has 1 aromatic heterocycles. The van der Waals surface area contributed by atoms with Crippen LogP contribution in [0.3, 0.4) is 0 Å². The summed E-state index contributed by atoms with van der Waals surface area (Å²) in [7, 11) is 0. The zero-order chi connectivity index (χ0) is 27.1. The number of fused-ring (bicyclic) bond motifs is 1. The molecule has 3 aromatic rings. The van der Waals surface area contributed by atoms with Gasteiger partial charge in [-0.25, -0.2) is 19.6 Å². The Hall–Kier alpha value is -3.48. The second-order valence-electron chi connectivity index (χ2n) is 11.0. The smallest absolute Gasteiger partial charge is 0.355 e. The Morgan fingerprint density at radius 1 is 0.974 bits per heavy atom. The van der Waals surface area contributed by atoms with E-state index in [-0.39, 0.29) is 11.9 Å². The van der Waals surface area contributed by atoms with Crippen LogP contribution >= 0.6 is 0 Å². The molecular formula is C31H38N2O5. The Balaban J connectivity index is 1.57. The van der Waals surface area contributed by atoms with Crippen LogP contribution in [0, 0.1) is 0 Å². The van der Waals surface area contributed by atoms with Crippen molar-refractivity contribution < 1.29 is 24.1 Å². The average Bonchev–Trinajstić information content (AvgIpc) is 3.43. The fourth-order valence-corrected chi connectivity index (χ4v) is 4.95. The number of hydrogen-bond acceptors (Lipinski definition) is 7. The van der Waals surface area contributed by atoms with E-state index >= 15 is 0 Å². The van der Waals surface area contributed by atoms with Gasteiger partial charge in [0.15, 0.2) is 5.75 Å². The molecule has 38 heavy (non-hydrogen) atoms. The van der Waals surface area contributed by atoms with Gasteiger partial charge < -0.3 is 4.74 Å². The molecule has 202 valence electrons. The van der Waals surface area contributed by atoms with E-state index in [1.165, 1.54) is 6.33 Å². The van der Waals surface area contributed by atoms with Crippen LogP contribution in [-0.4, -0.2) is 27.5 Å². The molecule has 2 aromatic carbocycles. The van der Waals surface area contributed by atoms with E-state index in [1.54, 1.807) is 12.1 Å². The van der Waals surface area contributed by atoms with E-state index < -0.39 is 5.60 Å². The Kier molecular flexibility index (Phi) is 8.97. The van der Waals surface area contributed by atoms with E-state index in [4.69, 9.17) is 14.5 Å². The number of aromatic nitrogens is 2. The van der Waals surface area contributed by atoms with Crippen molar-refractivity contribution in [2.75, 3.05) is 0 Å². The topological polar surface area (TPSA) is 87.6 Å². The molecule has 7 heteroatoms. The molecule has 0 spiro atoms. The van der Waals surface area contributed by atoms with Gasteiger partial charge in [0.2, 0.25) is 0 Å². The number of unbranched alkanes of at least 4 members (excludes halogenated alkanes) is 3. The maximum absolute atomic E-state index is 13.0. The first-order valence-corrected chi connectivity index (χ1v) is 13.7. The summed E-state index contributed by atoms with van der Waals surface area (Å²) in [6.45, 7) is 7.78. The molecule has 4 rings (SSSR count). The predicted octanol–water partition coefficient (Wildman–Crippen LogP) is 7.72. The van der Waals surface area contributed by atoms with Gasteiger partial charge in [-0.1, -0.05) is 45.1 Å². The molecule has 0 radical (unpaired) electrons. The van der Waals surface area contributed by atoms with Gasteiger partial charge in [-0.05, 0) is 75.8 Å². The minimum Gasteiger partial charge on any atom is -0.456 e. The number of carbonyl (C=O) groups excluding carboxylic acids is 2. The fraction of sp³-hybridized carbons (Fsp3) is 0.484. The van der Waals surface area contributed by atoms with Gasteiger partial charge in [0.25, 0.3) is 0 Å². The molecule has 0 aliphatic heterocycles. The summed E-state index contributed by atoms with van der Waals surface area (Å²) in [6.07, 6.45) is 10.3. The van der Waals surface area contributed by atoms with Gasteiger partial charge in [0.1, 0.15) is 11.9 Å². The summed E-state index contributed by atoms with van der Waals surface area (Å²) in [6, 6.07) is 11.2. The van der Waals surface area contributed by atoms with Crippen molar-refractivity contribution in [2.24, 2.45) is 0 Å². The van der Waals surface area contributed by atoms with Crippen LogP contribution in [0.15, 0.2) is 42.7 Å². The highest BCUT2D eigenvalue weighted by Gasteiger charge is 2.26. The van der Waals surface area contributed by atoms with Crippen LogP contribution in [0.4, 0.5) is 0 Å². The Morgan fingerprint density at radius 3 is 2.50 bits per heavy atom. The second kappa shape index (κ2) is 12.4. The lowest BCUT2D eigenvalue weighted by atomic mass is 9.90. The SMILES string of the molecule is CCCCCCC(=O)OOc1ccc2c(-c3ccc(C(=O)OC(C)(C)C)c(C4CCCC4)c3)ncnc2c1. The van der Waals surface area contributed by atoms with Crippen molar-refractivity contribution in [1.29, 1.82) is 0 Å². The Labute approximate surface area is 224 Å². The van der Waals surface area contributed by atoms with Gasteiger partial charge in [0.05, 0.1) is 23.2 Å². The van der Waals surface area contributed by atoms with Gasteiger partial charge >= 0.3 is 11.9 Å². The highest BCUT2D eigenvalue weighted by Crippen LogP contribution is 2.39. The first kappa shape index (κ1) is 27.6. The van der Waals surface area contributed by atoms with E-state index in [0.29, 0.717) is 29.2 Å². The standard InChI is InChI=1S/C31H38N2O5/c1-5-6-7-8-13-28(34)38-37-23-15-17-25-27(19-23)32-20-33-29(25)22-14-16-24(30(35)36-31(2,3)4)26(18-22)21-11-9-10-12-21/h14-21H,5-13H2,1-4H3. The minimum absolute atomic E-state index is 0.291. The third-order valence-electron chi connectivity index (χ3n) is 6.81. The fourth-order valence-electron chi connectivity index (χ4n) is 4.95. The number of ether oxygens (including phenoxy) is 1. The van der Waals surface area contributed by atoms with Crippen molar-refractivity contribution >= 4 is 22.8 Å². The van der Waals surface area contributed by atoms with Crippen molar-refractivity contribution in [3.8, 4) is 17.0 Å². The van der Waals surface area contributed by atoms with E-state index in [9.17, 15) is 9.59 Å². The second-order valence-corrected chi connectivity index (χ2v) is 11.0. The molecule has 1 heterocycles. The van der Waals surface area contributed by atoms with Crippen LogP contribution in [-0.2, 0) is 14.4 Å². The van der Waals surface area contributed by atoms with Gasteiger partial charge in [-0.15, -0.1) is 0 Å². The van der Waals surface area contributed by atoms with Crippen LogP contribution in [0.5, 0.6) is 5.75 Å². The van der Waals surface area contributed by atoms with Gasteiger partial charge in [0, 0.05) is 17.0 Å². The highest BCUT2D eigenvalue weighted by molar-refractivity contribution is 5.95. The molecule has 0 N–H and O–H groups in total. The number of benzene rings is 2. The van der Waals surface area contributed by atoms with Crippen LogP contribution < -0.4 is 4.89 Å². The average molecular weight is 519 g/mol. The summed E-state index contributed by atoms with van der Waals surface area (Å²) >= 11 is 0. The van der Waals surface area contributed by atoms with Crippen LogP contribution in [0.2, 0.25) is 0 Å². The monoisotopic (exact) mass is 518 g/mol. The van der Waals surface area contributed by atoms with Crippen molar-refractivity contribution in [3.63, 3.8) is 0 Å². The van der Waals surface area contributed by atoms with Crippen LogP contribution in [0.1, 0.15) is 107 Å². The molecule has 1 aliphatic rings. The van der Waals surface area contributed by atoms with Crippen molar-refractivity contribution in [3.05, 3.63) is 53.9 Å². The predicted molar refractivity (Wildman–Crippen MR) is 147 cm³/mol. The molecule has 1 saturated carbocycles. The van der Waals surface area contributed by atoms with E-state index in [0.717, 1.165) is 73.6 Å². The maximum atomic E-state index is 13.0. The first-order chi connectivity index (χ1) is 18.2. The molecule has 7 nitrogen and oxygen atoms in total. The summed E-state index contributed by atoms with van der Waals surface area (Å²) in [5.74, 6) is 0.0486. The molecule has 0 atom stereocenters. The highest BCUT2D eigenvalue weighted by atomic mass is 17.2. The van der Waals surface area contributed by atoms with Gasteiger partial charge in [-0.3, -0.25) is 9.78 Å². The largest absolute Gasteiger partial charge is 0.456 e. The summed E-state index contributed by atoms with van der Waals surface area (Å²) < 4.78 is 5.71. The van der Waals surface area contributed by atoms with Crippen LogP contribution in [0.25, 0.3) is 22.2 Å². The maximum Gasteiger partial charge on any atom is 0.355 e. The molecule has 0 bridgehead atoms. The number of hydrogen-bond donors (Lipinski definition) is 0. The normalized spacial score (nSPS) is 14.0. The molecule has 0 unspecified atom stereocenters. The number of rotatable bonds is 10. The minimum atomic E-state index is -0.561. The van der Waals surface area contributed by atoms with Crippen molar-refractivity contribution in [1.82, 2.24) is 9.97 Å². The lowest BCUT2D eigenvalue weighted by Gasteiger charge is -2.22. The first-order valence-electron chi connectivity index (χ1n) is 13.7. The lowest BCUT2D eigenvalue weighted by molar-refractivity contribution is -0.213. The molecule has 1 fully saturated rings. The zero-order valence-electron chi connectivity index (χ0n) is 22.9. The quantitative estimate of drug-likeness (QED) is 0.117. The van der Waals surface area contributed by atoms with E-state index in [2.05, 4.69) is 23.0 Å². The Morgan fingerprint density at radius 2 is 1.76 bits per heavy atom. The summed E-state index contributed by atoms with van der Waals surface area (Å²) in [4.78, 5) is 44.3. The number of nitrogens with zero attached hydrogens (tertiary/aromatic N) is 2. The third-order valence-corrected chi connectivity index (χ3v) is 6.81. The molecule has 0 saturated heterocycles. The number of esters is 1.